The average Bonchev–Trinajstić information content (AvgIpc) is 3.12. The second kappa shape index (κ2) is 7.72. The number of aryl methyl sites for hydroxylation is 1. The Morgan fingerprint density at radius 3 is 2.52 bits per heavy atom. The van der Waals surface area contributed by atoms with Crippen LogP contribution in [0.4, 0.5) is 19.0 Å². The number of aromatic nitrogens is 2. The van der Waals surface area contributed by atoms with Gasteiger partial charge in [0.25, 0.3) is 5.91 Å². The van der Waals surface area contributed by atoms with Crippen LogP contribution in [0.25, 0.3) is 0 Å². The van der Waals surface area contributed by atoms with Crippen LogP contribution in [0.1, 0.15) is 72.1 Å². The van der Waals surface area contributed by atoms with E-state index in [1.807, 2.05) is 31.2 Å². The van der Waals surface area contributed by atoms with Crippen molar-refractivity contribution in [2.75, 3.05) is 5.32 Å². The fourth-order valence-corrected chi connectivity index (χ4v) is 4.26. The van der Waals surface area contributed by atoms with E-state index in [2.05, 4.69) is 15.7 Å². The van der Waals surface area contributed by atoms with E-state index in [1.54, 1.807) is 0 Å². The molecule has 2 atom stereocenters. The van der Waals surface area contributed by atoms with Crippen molar-refractivity contribution in [2.45, 2.75) is 69.8 Å². The second-order valence-electron chi connectivity index (χ2n) is 8.06. The summed E-state index contributed by atoms with van der Waals surface area (Å²) >= 11 is 0. The number of benzene rings is 1. The summed E-state index contributed by atoms with van der Waals surface area (Å²) in [7, 11) is 0. The summed E-state index contributed by atoms with van der Waals surface area (Å²) in [6.07, 6.45) is 1.69. The van der Waals surface area contributed by atoms with Gasteiger partial charge >= 0.3 is 6.18 Å². The minimum absolute atomic E-state index is 0.0710. The van der Waals surface area contributed by atoms with Gasteiger partial charge in [-0.1, -0.05) is 49.1 Å². The third kappa shape index (κ3) is 4.11. The Kier molecular flexibility index (Phi) is 5.27. The minimum atomic E-state index is -4.46. The lowest BCUT2D eigenvalue weighted by Gasteiger charge is -2.34. The van der Waals surface area contributed by atoms with Gasteiger partial charge in [-0.2, -0.15) is 18.3 Å². The quantitative estimate of drug-likeness (QED) is 0.761. The predicted octanol–water partition coefficient (Wildman–Crippen LogP) is 4.91. The number of carbonyl (C=O) groups is 1. The maximum Gasteiger partial charge on any atom is 0.410 e. The molecule has 1 aromatic carbocycles. The van der Waals surface area contributed by atoms with Gasteiger partial charge in [0.2, 0.25) is 0 Å². The van der Waals surface area contributed by atoms with Crippen molar-refractivity contribution in [2.24, 2.45) is 0 Å². The molecule has 156 valence electrons. The monoisotopic (exact) mass is 406 g/mol. The van der Waals surface area contributed by atoms with Crippen molar-refractivity contribution < 1.29 is 18.0 Å². The van der Waals surface area contributed by atoms with Crippen LogP contribution in [-0.4, -0.2) is 27.9 Å². The van der Waals surface area contributed by atoms with E-state index in [0.717, 1.165) is 47.9 Å². The SMILES string of the molecule is Cc1ccc([C@@H]2C[C@@H](C(F)(F)F)n3ncc(C(=O)NC4CCCCC4)c3N2)cc1. The van der Waals surface area contributed by atoms with Crippen LogP contribution in [0.2, 0.25) is 0 Å². The summed E-state index contributed by atoms with van der Waals surface area (Å²) < 4.78 is 42.2. The van der Waals surface area contributed by atoms with Crippen LogP contribution in [0, 0.1) is 6.92 Å². The Morgan fingerprint density at radius 1 is 1.17 bits per heavy atom. The average molecular weight is 406 g/mol. The Labute approximate surface area is 167 Å². The summed E-state index contributed by atoms with van der Waals surface area (Å²) in [6.45, 7) is 1.93. The number of halogens is 3. The summed E-state index contributed by atoms with van der Waals surface area (Å²) in [6, 6.07) is 5.16. The number of hydrogen-bond donors (Lipinski definition) is 2. The van der Waals surface area contributed by atoms with Crippen LogP contribution in [0.5, 0.6) is 0 Å². The van der Waals surface area contributed by atoms with E-state index < -0.39 is 18.3 Å². The number of carbonyl (C=O) groups excluding carboxylic acids is 1. The maximum absolute atomic E-state index is 13.8. The highest BCUT2D eigenvalue weighted by Crippen LogP contribution is 2.44. The fourth-order valence-electron chi connectivity index (χ4n) is 4.26. The zero-order chi connectivity index (χ0) is 20.6. The molecule has 1 fully saturated rings. The van der Waals surface area contributed by atoms with E-state index in [-0.39, 0.29) is 29.8 Å². The fraction of sp³-hybridized carbons (Fsp3) is 0.524. The zero-order valence-corrected chi connectivity index (χ0v) is 16.3. The van der Waals surface area contributed by atoms with Crippen LogP contribution in [0.3, 0.4) is 0 Å². The van der Waals surface area contributed by atoms with Gasteiger partial charge in [-0.3, -0.25) is 4.79 Å². The lowest BCUT2D eigenvalue weighted by Crippen LogP contribution is -2.38. The largest absolute Gasteiger partial charge is 0.410 e. The highest BCUT2D eigenvalue weighted by molar-refractivity contribution is 5.99. The number of anilines is 1. The Morgan fingerprint density at radius 2 is 1.86 bits per heavy atom. The van der Waals surface area contributed by atoms with Crippen molar-refractivity contribution in [3.63, 3.8) is 0 Å². The summed E-state index contributed by atoms with van der Waals surface area (Å²) in [5, 5.41) is 10.0. The van der Waals surface area contributed by atoms with Gasteiger partial charge in [0.1, 0.15) is 11.4 Å². The van der Waals surface area contributed by atoms with Crippen molar-refractivity contribution in [3.8, 4) is 0 Å². The summed E-state index contributed by atoms with van der Waals surface area (Å²) in [4.78, 5) is 12.8. The molecule has 1 aliphatic heterocycles. The van der Waals surface area contributed by atoms with E-state index in [1.165, 1.54) is 6.20 Å². The number of rotatable bonds is 3. The molecule has 2 N–H and O–H groups in total. The van der Waals surface area contributed by atoms with Crippen LogP contribution in [0.15, 0.2) is 30.5 Å². The summed E-state index contributed by atoms with van der Waals surface area (Å²) in [5.41, 5.74) is 1.96. The topological polar surface area (TPSA) is 59.0 Å². The van der Waals surface area contributed by atoms with E-state index in [0.29, 0.717) is 0 Å². The molecule has 1 amide bonds. The smallest absolute Gasteiger partial charge is 0.363 e. The van der Waals surface area contributed by atoms with Crippen LogP contribution < -0.4 is 10.6 Å². The molecule has 0 radical (unpaired) electrons. The Bertz CT molecular complexity index is 869. The normalized spacial score (nSPS) is 22.6. The first-order valence-electron chi connectivity index (χ1n) is 10.1. The van der Waals surface area contributed by atoms with Crippen LogP contribution in [-0.2, 0) is 0 Å². The van der Waals surface area contributed by atoms with Crippen molar-refractivity contribution in [1.82, 2.24) is 15.1 Å². The molecule has 0 spiro atoms. The van der Waals surface area contributed by atoms with Gasteiger partial charge in [0, 0.05) is 12.5 Å². The van der Waals surface area contributed by atoms with Crippen LogP contribution >= 0.6 is 0 Å². The molecule has 4 rings (SSSR count). The first-order valence-corrected chi connectivity index (χ1v) is 10.1. The molecule has 8 heteroatoms. The standard InChI is InChI=1S/C21H25F3N4O/c1-13-7-9-14(10-8-13)17-11-18(21(22,23)24)28-19(27-17)16(12-25-28)20(29)26-15-5-3-2-4-6-15/h7-10,12,15,17-18,27H,2-6,11H2,1H3,(H,26,29)/t17-,18-/m0/s1. The van der Waals surface area contributed by atoms with Gasteiger partial charge in [-0.25, -0.2) is 4.68 Å². The van der Waals surface area contributed by atoms with Gasteiger partial charge in [0.15, 0.2) is 6.04 Å². The summed E-state index contributed by atoms with van der Waals surface area (Å²) in [5.74, 6) is -0.228. The molecule has 0 saturated heterocycles. The molecular weight excluding hydrogens is 381 g/mol. The molecule has 2 aliphatic rings. The zero-order valence-electron chi connectivity index (χ0n) is 16.3. The number of fused-ring (bicyclic) bond motifs is 1. The molecule has 5 nitrogen and oxygen atoms in total. The third-order valence-electron chi connectivity index (χ3n) is 5.90. The van der Waals surface area contributed by atoms with E-state index in [9.17, 15) is 18.0 Å². The second-order valence-corrected chi connectivity index (χ2v) is 8.06. The molecule has 1 saturated carbocycles. The van der Waals surface area contributed by atoms with Crippen molar-refractivity contribution in [1.29, 1.82) is 0 Å². The van der Waals surface area contributed by atoms with E-state index >= 15 is 0 Å². The number of alkyl halides is 3. The Balaban J connectivity index is 1.64. The lowest BCUT2D eigenvalue weighted by molar-refractivity contribution is -0.173. The highest BCUT2D eigenvalue weighted by atomic mass is 19.4. The first kappa shape index (κ1) is 19.8. The number of hydrogen-bond acceptors (Lipinski definition) is 3. The molecule has 2 heterocycles. The molecule has 2 aromatic rings. The molecular formula is C21H25F3N4O. The highest BCUT2D eigenvalue weighted by Gasteiger charge is 2.47. The maximum atomic E-state index is 13.8. The van der Waals surface area contributed by atoms with Gasteiger partial charge in [-0.15, -0.1) is 0 Å². The number of nitrogens with one attached hydrogen (secondary N) is 2. The Hall–Kier alpha value is -2.51. The minimum Gasteiger partial charge on any atom is -0.363 e. The number of nitrogens with zero attached hydrogens (tertiary/aromatic N) is 2. The molecule has 29 heavy (non-hydrogen) atoms. The first-order chi connectivity index (χ1) is 13.8. The predicted molar refractivity (Wildman–Crippen MR) is 104 cm³/mol. The number of amides is 1. The molecule has 1 aliphatic carbocycles. The van der Waals surface area contributed by atoms with Gasteiger partial charge in [-0.05, 0) is 25.3 Å². The van der Waals surface area contributed by atoms with Gasteiger partial charge < -0.3 is 10.6 Å². The third-order valence-corrected chi connectivity index (χ3v) is 5.90. The lowest BCUT2D eigenvalue weighted by atomic mass is 9.95. The molecule has 1 aromatic heterocycles. The van der Waals surface area contributed by atoms with Gasteiger partial charge in [0.05, 0.1) is 12.2 Å². The van der Waals surface area contributed by atoms with Crippen molar-refractivity contribution >= 4 is 11.7 Å². The molecule has 0 bridgehead atoms. The van der Waals surface area contributed by atoms with Crippen molar-refractivity contribution in [3.05, 3.63) is 47.2 Å². The molecule has 0 unspecified atom stereocenters. The van der Waals surface area contributed by atoms with E-state index in [4.69, 9.17) is 0 Å².